The van der Waals surface area contributed by atoms with E-state index in [9.17, 15) is 13.2 Å². The monoisotopic (exact) mass is 327 g/mol. The summed E-state index contributed by atoms with van der Waals surface area (Å²) in [6, 6.07) is 1.10. The second-order valence-electron chi connectivity index (χ2n) is 5.29. The number of thiazole rings is 1. The van der Waals surface area contributed by atoms with Crippen molar-refractivity contribution >= 4 is 23.7 Å². The van der Waals surface area contributed by atoms with Crippen LogP contribution in [0.2, 0.25) is 0 Å². The molecular weight excluding hydrogens is 311 g/mol. The van der Waals surface area contributed by atoms with Gasteiger partial charge in [0.2, 0.25) is 0 Å². The van der Waals surface area contributed by atoms with E-state index < -0.39 is 11.2 Å². The quantitative estimate of drug-likeness (QED) is 0.905. The lowest BCUT2D eigenvalue weighted by molar-refractivity contribution is -0.137. The first kappa shape index (κ1) is 16.0. The van der Waals surface area contributed by atoms with Crippen molar-refractivity contribution in [2.24, 2.45) is 0 Å². The highest BCUT2D eigenvalue weighted by Gasteiger charge is 2.35. The number of hydrogen-bond acceptors (Lipinski definition) is 4. The third kappa shape index (κ3) is 3.63. The maximum atomic E-state index is 12.5. The van der Waals surface area contributed by atoms with Crippen molar-refractivity contribution in [2.75, 3.05) is 13.1 Å². The molecule has 2 aliphatic rings. The van der Waals surface area contributed by atoms with Gasteiger partial charge in [-0.25, -0.2) is 4.98 Å². The molecule has 8 heteroatoms. The first-order valence-corrected chi connectivity index (χ1v) is 7.32. The minimum absolute atomic E-state index is 0. The maximum Gasteiger partial charge on any atom is 0.443 e. The number of rotatable bonds is 2. The van der Waals surface area contributed by atoms with E-state index in [1.54, 1.807) is 0 Å². The summed E-state index contributed by atoms with van der Waals surface area (Å²) >= 11 is 0.762. The lowest BCUT2D eigenvalue weighted by Gasteiger charge is -2.22. The van der Waals surface area contributed by atoms with Crippen LogP contribution in [0.4, 0.5) is 13.2 Å². The summed E-state index contributed by atoms with van der Waals surface area (Å²) in [7, 11) is 0. The Kier molecular flexibility index (Phi) is 4.94. The molecule has 2 aliphatic heterocycles. The Balaban J connectivity index is 0.00000147. The lowest BCUT2D eigenvalue weighted by Crippen LogP contribution is -2.34. The van der Waals surface area contributed by atoms with Gasteiger partial charge in [0.25, 0.3) is 0 Å². The van der Waals surface area contributed by atoms with Crippen LogP contribution in [-0.2, 0) is 12.7 Å². The van der Waals surface area contributed by atoms with Gasteiger partial charge in [0.15, 0.2) is 5.01 Å². The number of fused-ring (bicyclic) bond motifs is 2. The van der Waals surface area contributed by atoms with Gasteiger partial charge in [0.05, 0.1) is 0 Å². The molecule has 114 valence electrons. The number of nitrogens with zero attached hydrogens (tertiary/aromatic N) is 2. The number of halogens is 4. The number of nitrogens with one attached hydrogen (secondary N) is 1. The molecule has 0 spiro atoms. The SMILES string of the molecule is Cl.FC(F)(F)c1ncc(CN2CCC3CCC(C2)N3)s1. The zero-order chi connectivity index (χ0) is 13.5. The molecule has 0 saturated carbocycles. The largest absolute Gasteiger partial charge is 0.443 e. The molecule has 1 aromatic heterocycles. The van der Waals surface area contributed by atoms with Crippen LogP contribution in [0.3, 0.4) is 0 Å². The Hall–Kier alpha value is -0.370. The van der Waals surface area contributed by atoms with Gasteiger partial charge in [0.1, 0.15) is 0 Å². The van der Waals surface area contributed by atoms with Crippen LogP contribution in [0.15, 0.2) is 6.20 Å². The molecule has 0 radical (unpaired) electrons. The molecule has 1 N–H and O–H groups in total. The normalized spacial score (nSPS) is 27.1. The van der Waals surface area contributed by atoms with E-state index in [2.05, 4.69) is 15.2 Å². The van der Waals surface area contributed by atoms with Crippen LogP contribution < -0.4 is 5.32 Å². The molecule has 2 fully saturated rings. The molecule has 20 heavy (non-hydrogen) atoms. The predicted molar refractivity (Wildman–Crippen MR) is 74.2 cm³/mol. The third-order valence-electron chi connectivity index (χ3n) is 3.78. The smallest absolute Gasteiger partial charge is 0.310 e. The van der Waals surface area contributed by atoms with E-state index in [1.807, 2.05) is 0 Å². The highest BCUT2D eigenvalue weighted by atomic mass is 35.5. The minimum atomic E-state index is -4.32. The summed E-state index contributed by atoms with van der Waals surface area (Å²) < 4.78 is 37.5. The first-order chi connectivity index (χ1) is 9.00. The van der Waals surface area contributed by atoms with Crippen LogP contribution in [-0.4, -0.2) is 35.1 Å². The summed E-state index contributed by atoms with van der Waals surface area (Å²) in [4.78, 5) is 6.42. The second-order valence-corrected chi connectivity index (χ2v) is 6.41. The van der Waals surface area contributed by atoms with Crippen molar-refractivity contribution in [1.29, 1.82) is 0 Å². The van der Waals surface area contributed by atoms with E-state index in [0.717, 1.165) is 30.8 Å². The Labute approximate surface area is 126 Å². The fraction of sp³-hybridized carbons (Fsp3) is 0.750. The van der Waals surface area contributed by atoms with Crippen LogP contribution in [0, 0.1) is 0 Å². The topological polar surface area (TPSA) is 28.2 Å². The summed E-state index contributed by atoms with van der Waals surface area (Å²) in [6.45, 7) is 2.46. The number of likely N-dealkylation sites (tertiary alicyclic amines) is 1. The average molecular weight is 328 g/mol. The van der Waals surface area contributed by atoms with Crippen LogP contribution >= 0.6 is 23.7 Å². The van der Waals surface area contributed by atoms with Gasteiger partial charge in [-0.15, -0.1) is 23.7 Å². The molecular formula is C12H17ClF3N3S. The van der Waals surface area contributed by atoms with E-state index in [1.165, 1.54) is 19.0 Å². The van der Waals surface area contributed by atoms with Gasteiger partial charge in [0, 0.05) is 42.8 Å². The standard InChI is InChI=1S/C12H16F3N3S.ClH/c13-12(14,15)11-16-5-10(19-11)7-18-4-3-8-1-2-9(6-18)17-8;/h5,8-9,17H,1-4,6-7H2;1H. The molecule has 3 nitrogen and oxygen atoms in total. The molecule has 2 bridgehead atoms. The first-order valence-electron chi connectivity index (χ1n) is 6.51. The molecule has 2 atom stereocenters. The van der Waals surface area contributed by atoms with Crippen molar-refractivity contribution in [1.82, 2.24) is 15.2 Å². The zero-order valence-corrected chi connectivity index (χ0v) is 12.5. The molecule has 3 rings (SSSR count). The predicted octanol–water partition coefficient (Wildman–Crippen LogP) is 2.91. The number of alkyl halides is 3. The Morgan fingerprint density at radius 1 is 1.30 bits per heavy atom. The molecule has 1 aromatic rings. The van der Waals surface area contributed by atoms with Gasteiger partial charge in [-0.05, 0) is 19.3 Å². The molecule has 0 aliphatic carbocycles. The van der Waals surface area contributed by atoms with Crippen molar-refractivity contribution in [3.8, 4) is 0 Å². The Bertz CT molecular complexity index is 451. The fourth-order valence-electron chi connectivity index (χ4n) is 2.89. The molecule has 0 amide bonds. The van der Waals surface area contributed by atoms with Crippen molar-refractivity contribution in [2.45, 2.75) is 44.1 Å². The molecule has 0 aromatic carbocycles. The lowest BCUT2D eigenvalue weighted by atomic mass is 10.1. The Morgan fingerprint density at radius 3 is 2.75 bits per heavy atom. The maximum absolute atomic E-state index is 12.5. The Morgan fingerprint density at radius 2 is 2.05 bits per heavy atom. The van der Waals surface area contributed by atoms with E-state index in [4.69, 9.17) is 0 Å². The zero-order valence-electron chi connectivity index (χ0n) is 10.8. The van der Waals surface area contributed by atoms with Crippen LogP contribution in [0.1, 0.15) is 29.1 Å². The van der Waals surface area contributed by atoms with Gasteiger partial charge in [-0.3, -0.25) is 4.90 Å². The van der Waals surface area contributed by atoms with Crippen molar-refractivity contribution < 1.29 is 13.2 Å². The highest BCUT2D eigenvalue weighted by molar-refractivity contribution is 7.11. The average Bonchev–Trinajstić information content (AvgIpc) is 2.88. The molecule has 2 unspecified atom stereocenters. The van der Waals surface area contributed by atoms with Gasteiger partial charge in [-0.1, -0.05) is 0 Å². The summed E-state index contributed by atoms with van der Waals surface area (Å²) in [5.74, 6) is 0. The van der Waals surface area contributed by atoms with Gasteiger partial charge in [-0.2, -0.15) is 13.2 Å². The summed E-state index contributed by atoms with van der Waals surface area (Å²) in [5, 5.41) is 2.83. The van der Waals surface area contributed by atoms with Crippen molar-refractivity contribution in [3.63, 3.8) is 0 Å². The number of hydrogen-bond donors (Lipinski definition) is 1. The third-order valence-corrected chi connectivity index (χ3v) is 4.81. The molecule has 3 heterocycles. The van der Waals surface area contributed by atoms with Gasteiger partial charge < -0.3 is 5.32 Å². The van der Waals surface area contributed by atoms with E-state index in [0.29, 0.717) is 23.5 Å². The van der Waals surface area contributed by atoms with Crippen molar-refractivity contribution in [3.05, 3.63) is 16.1 Å². The van der Waals surface area contributed by atoms with Crippen LogP contribution in [0.5, 0.6) is 0 Å². The summed E-state index contributed by atoms with van der Waals surface area (Å²) in [6.07, 6.45) is 0.544. The fourth-order valence-corrected chi connectivity index (χ4v) is 3.71. The number of aromatic nitrogens is 1. The second kappa shape index (κ2) is 6.17. The highest BCUT2D eigenvalue weighted by Crippen LogP contribution is 2.33. The van der Waals surface area contributed by atoms with E-state index >= 15 is 0 Å². The van der Waals surface area contributed by atoms with Crippen LogP contribution in [0.25, 0.3) is 0 Å². The van der Waals surface area contributed by atoms with Gasteiger partial charge >= 0.3 is 6.18 Å². The molecule has 2 saturated heterocycles. The minimum Gasteiger partial charge on any atom is -0.310 e. The summed E-state index contributed by atoms with van der Waals surface area (Å²) in [5.41, 5.74) is 0. The van der Waals surface area contributed by atoms with E-state index in [-0.39, 0.29) is 12.4 Å².